The van der Waals surface area contributed by atoms with E-state index in [2.05, 4.69) is 15.6 Å². The van der Waals surface area contributed by atoms with E-state index in [4.69, 9.17) is 40.4 Å². The number of carbonyl (C=O) groups is 3. The molecule has 0 aliphatic rings. The number of benzene rings is 2. The summed E-state index contributed by atoms with van der Waals surface area (Å²) < 4.78 is 0. The number of aromatic hydroxyl groups is 1. The molecule has 3 amide bonds. The van der Waals surface area contributed by atoms with E-state index in [1.807, 2.05) is 13.0 Å². The molecule has 2 aromatic carbocycles. The molecule has 0 aromatic heterocycles. The number of phenolic OH excluding ortho intramolecular Hbond substituents is 1. The molecule has 40 heavy (non-hydrogen) atoms. The molecule has 2 aromatic rings. The third kappa shape index (κ3) is 11.3. The average Bonchev–Trinajstić information content (AvgIpc) is 2.92. The zero-order valence-electron chi connectivity index (χ0n) is 22.4. The normalized spacial score (nSPS) is 12.2. The van der Waals surface area contributed by atoms with Crippen molar-refractivity contribution in [2.75, 3.05) is 26.2 Å². The van der Waals surface area contributed by atoms with Gasteiger partial charge < -0.3 is 37.8 Å². The minimum absolute atomic E-state index is 0.0768. The Bertz CT molecular complexity index is 1170. The lowest BCUT2D eigenvalue weighted by Gasteiger charge is -2.23. The molecule has 0 radical (unpaired) electrons. The molecule has 0 unspecified atom stereocenters. The number of hydrogen-bond acceptors (Lipinski definition) is 6. The number of phenols is 1. The van der Waals surface area contributed by atoms with Gasteiger partial charge in [-0.15, -0.1) is 0 Å². The summed E-state index contributed by atoms with van der Waals surface area (Å²) in [6, 6.07) is 9.74. The van der Waals surface area contributed by atoms with Gasteiger partial charge in [0, 0.05) is 19.6 Å². The molecule has 0 spiro atoms. The van der Waals surface area contributed by atoms with Gasteiger partial charge in [0.05, 0.1) is 22.6 Å². The maximum absolute atomic E-state index is 13.0. The smallest absolute Gasteiger partial charge is 0.243 e. The van der Waals surface area contributed by atoms with Gasteiger partial charge in [-0.2, -0.15) is 0 Å². The zero-order chi connectivity index (χ0) is 29.7. The fourth-order valence-electron chi connectivity index (χ4n) is 3.85. The van der Waals surface area contributed by atoms with Crippen LogP contribution in [0, 0.1) is 0 Å². The van der Waals surface area contributed by atoms with Crippen LogP contribution >= 0.6 is 23.2 Å². The number of amides is 3. The zero-order valence-corrected chi connectivity index (χ0v) is 23.9. The Balaban J connectivity index is 1.96. The summed E-state index contributed by atoms with van der Waals surface area (Å²) in [5, 5.41) is 15.6. The molecule has 0 saturated carbocycles. The van der Waals surface area contributed by atoms with Crippen molar-refractivity contribution in [2.45, 2.75) is 44.7 Å². The molecule has 0 aliphatic carbocycles. The maximum atomic E-state index is 13.0. The molecule has 0 saturated heterocycles. The first-order chi connectivity index (χ1) is 19.0. The van der Waals surface area contributed by atoms with Gasteiger partial charge in [-0.25, -0.2) is 0 Å². The van der Waals surface area contributed by atoms with Crippen LogP contribution in [0.4, 0.5) is 0 Å². The van der Waals surface area contributed by atoms with Crippen molar-refractivity contribution in [3.8, 4) is 5.75 Å². The van der Waals surface area contributed by atoms with E-state index in [-0.39, 0.29) is 43.5 Å². The number of halogens is 2. The lowest BCUT2D eigenvalue weighted by atomic mass is 10.0. The van der Waals surface area contributed by atoms with Crippen molar-refractivity contribution in [1.82, 2.24) is 15.5 Å². The number of hydrogen-bond donors (Lipinski definition) is 6. The van der Waals surface area contributed by atoms with Gasteiger partial charge in [-0.1, -0.05) is 41.4 Å². The molecule has 0 fully saturated rings. The summed E-state index contributed by atoms with van der Waals surface area (Å²) in [7, 11) is 0. The number of nitrogens with zero attached hydrogens (tertiary/aromatic N) is 2. The summed E-state index contributed by atoms with van der Waals surface area (Å²) in [6.45, 7) is 2.73. The summed E-state index contributed by atoms with van der Waals surface area (Å²) >= 11 is 12.0. The monoisotopic (exact) mass is 593 g/mol. The summed E-state index contributed by atoms with van der Waals surface area (Å²) in [4.78, 5) is 44.2. The standard InChI is InChI=1S/C27H37Cl2N7O4/c1-2-36(13-11-18-7-10-20(28)21(29)14-18)24(38)16-34-26(40)23(4-3-12-33-27(31)32)35-25(39)22(30)15-17-5-8-19(37)9-6-17/h5-10,14,22-23,37H,2-4,11-13,15-16,30H2,1H3,(H,34,40)(H,35,39)(H4,31,32,33)/t22-,23+/m0/s1. The third-order valence-electron chi connectivity index (χ3n) is 6.11. The lowest BCUT2D eigenvalue weighted by molar-refractivity contribution is -0.134. The Labute approximate surface area is 244 Å². The number of nitrogens with one attached hydrogen (secondary N) is 2. The lowest BCUT2D eigenvalue weighted by Crippen LogP contribution is -2.53. The van der Waals surface area contributed by atoms with E-state index in [1.165, 1.54) is 12.1 Å². The highest BCUT2D eigenvalue weighted by Gasteiger charge is 2.25. The number of guanidine groups is 1. The van der Waals surface area contributed by atoms with Gasteiger partial charge in [-0.05, 0) is 68.0 Å². The largest absolute Gasteiger partial charge is 0.508 e. The van der Waals surface area contributed by atoms with E-state index in [0.29, 0.717) is 36.0 Å². The Morgan fingerprint density at radius 2 is 1.70 bits per heavy atom. The van der Waals surface area contributed by atoms with Crippen LogP contribution in [0.25, 0.3) is 0 Å². The van der Waals surface area contributed by atoms with Gasteiger partial charge in [0.1, 0.15) is 11.8 Å². The highest BCUT2D eigenvalue weighted by Crippen LogP contribution is 2.22. The van der Waals surface area contributed by atoms with Crippen molar-refractivity contribution in [3.05, 3.63) is 63.6 Å². The van der Waals surface area contributed by atoms with Gasteiger partial charge in [0.15, 0.2) is 5.96 Å². The Kier molecular flexibility index (Phi) is 13.5. The predicted octanol–water partition coefficient (Wildman–Crippen LogP) is 1.31. The first-order valence-electron chi connectivity index (χ1n) is 12.9. The predicted molar refractivity (Wildman–Crippen MR) is 157 cm³/mol. The van der Waals surface area contributed by atoms with Crippen LogP contribution in [-0.2, 0) is 27.2 Å². The van der Waals surface area contributed by atoms with Crippen molar-refractivity contribution in [1.29, 1.82) is 0 Å². The highest BCUT2D eigenvalue weighted by molar-refractivity contribution is 6.42. The number of nitrogens with two attached hydrogens (primary N) is 3. The van der Waals surface area contributed by atoms with E-state index in [0.717, 1.165) is 11.1 Å². The number of likely N-dealkylation sites (N-methyl/N-ethyl adjacent to an activating group) is 1. The van der Waals surface area contributed by atoms with Crippen molar-refractivity contribution in [3.63, 3.8) is 0 Å². The van der Waals surface area contributed by atoms with Crippen LogP contribution in [0.3, 0.4) is 0 Å². The molecule has 0 aliphatic heterocycles. The van der Waals surface area contributed by atoms with E-state index in [1.54, 1.807) is 29.2 Å². The second-order valence-electron chi connectivity index (χ2n) is 9.18. The number of carbonyl (C=O) groups excluding carboxylic acids is 3. The Morgan fingerprint density at radius 3 is 2.33 bits per heavy atom. The second kappa shape index (κ2) is 16.5. The molecular formula is C27H37Cl2N7O4. The van der Waals surface area contributed by atoms with Crippen LogP contribution in [0.1, 0.15) is 30.9 Å². The molecule has 9 N–H and O–H groups in total. The molecule has 2 rings (SSSR count). The molecule has 0 heterocycles. The first-order valence-corrected chi connectivity index (χ1v) is 13.6. The Hall–Kier alpha value is -3.54. The molecular weight excluding hydrogens is 557 g/mol. The Morgan fingerprint density at radius 1 is 1.02 bits per heavy atom. The van der Waals surface area contributed by atoms with Crippen LogP contribution in [-0.4, -0.2) is 72.0 Å². The van der Waals surface area contributed by atoms with E-state index in [9.17, 15) is 19.5 Å². The summed E-state index contributed by atoms with van der Waals surface area (Å²) in [6.07, 6.45) is 1.40. The molecule has 13 heteroatoms. The fraction of sp³-hybridized carbons (Fsp3) is 0.407. The fourth-order valence-corrected chi connectivity index (χ4v) is 4.17. The quantitative estimate of drug-likeness (QED) is 0.102. The van der Waals surface area contributed by atoms with Crippen molar-refractivity contribution < 1.29 is 19.5 Å². The highest BCUT2D eigenvalue weighted by atomic mass is 35.5. The van der Waals surface area contributed by atoms with Crippen LogP contribution in [0.15, 0.2) is 47.5 Å². The topological polar surface area (TPSA) is 189 Å². The third-order valence-corrected chi connectivity index (χ3v) is 6.85. The SMILES string of the molecule is CCN(CCc1ccc(Cl)c(Cl)c1)C(=O)CNC(=O)[C@@H](CCCN=C(N)N)NC(=O)[C@@H](N)Cc1ccc(O)cc1. The van der Waals surface area contributed by atoms with Gasteiger partial charge >= 0.3 is 0 Å². The summed E-state index contributed by atoms with van der Waals surface area (Å²) in [5.74, 6) is -1.30. The number of aliphatic imine (C=N–C) groups is 1. The second-order valence-corrected chi connectivity index (χ2v) is 9.99. The minimum atomic E-state index is -0.952. The maximum Gasteiger partial charge on any atom is 0.243 e. The molecule has 2 atom stereocenters. The van der Waals surface area contributed by atoms with E-state index >= 15 is 0 Å². The molecule has 11 nitrogen and oxygen atoms in total. The first kappa shape index (κ1) is 32.7. The minimum Gasteiger partial charge on any atom is -0.508 e. The molecule has 0 bridgehead atoms. The van der Waals surface area contributed by atoms with Gasteiger partial charge in [0.2, 0.25) is 17.7 Å². The van der Waals surface area contributed by atoms with Crippen LogP contribution in [0.2, 0.25) is 10.0 Å². The van der Waals surface area contributed by atoms with Crippen LogP contribution in [0.5, 0.6) is 5.75 Å². The van der Waals surface area contributed by atoms with Crippen molar-refractivity contribution >= 4 is 46.9 Å². The van der Waals surface area contributed by atoms with E-state index < -0.39 is 23.9 Å². The number of rotatable bonds is 15. The summed E-state index contributed by atoms with van der Waals surface area (Å²) in [5.41, 5.74) is 18.5. The average molecular weight is 595 g/mol. The van der Waals surface area contributed by atoms with Gasteiger partial charge in [0.25, 0.3) is 0 Å². The van der Waals surface area contributed by atoms with Crippen molar-refractivity contribution in [2.24, 2.45) is 22.2 Å². The molecule has 218 valence electrons. The van der Waals surface area contributed by atoms with Gasteiger partial charge in [-0.3, -0.25) is 19.4 Å². The van der Waals surface area contributed by atoms with Crippen LogP contribution < -0.4 is 27.8 Å².